The van der Waals surface area contributed by atoms with Crippen LogP contribution in [0, 0.1) is 35.0 Å². The molecule has 5 aliphatic rings. The number of hydrogen-bond donors (Lipinski definition) is 3. The number of anilines is 1. The monoisotopic (exact) mass is 383 g/mol. The molecule has 3 N–H and O–H groups in total. The maximum absolute atomic E-state index is 12.0. The fourth-order valence-corrected chi connectivity index (χ4v) is 6.93. The van der Waals surface area contributed by atoms with Crippen LogP contribution in [0.25, 0.3) is 0 Å². The van der Waals surface area contributed by atoms with Crippen LogP contribution in [-0.4, -0.2) is 55.4 Å². The molecule has 1 aromatic rings. The van der Waals surface area contributed by atoms with Crippen molar-refractivity contribution in [2.24, 2.45) is 23.7 Å². The maximum Gasteiger partial charge on any atom is 0.407 e. The number of rotatable bonds is 3. The van der Waals surface area contributed by atoms with Crippen molar-refractivity contribution in [3.05, 3.63) is 18.1 Å². The average molecular weight is 383 g/mol. The predicted octanol–water partition coefficient (Wildman–Crippen LogP) is 2.07. The standard InChI is InChI=1S/C20H25N5O3/c21-8-14-9-22-10-16(23-14)24-15-1-2-25(19(26)27)18(15)17-12-3-11-4-13(17)7-20(28,5-11)6-12/h9-13,15,17-18,28H,1-7H2,(H,23,24)(H,26,27)/t11?,12-,13?,15?,17?,18-,20?/m0/s1. The summed E-state index contributed by atoms with van der Waals surface area (Å²) in [6.45, 7) is 0.493. The number of aromatic nitrogens is 2. The first-order valence-corrected chi connectivity index (χ1v) is 10.2. The highest BCUT2D eigenvalue weighted by Gasteiger charge is 2.59. The molecule has 4 aliphatic carbocycles. The number of carbonyl (C=O) groups is 1. The molecule has 1 saturated heterocycles. The first-order chi connectivity index (χ1) is 13.5. The van der Waals surface area contributed by atoms with Gasteiger partial charge >= 0.3 is 6.09 Å². The van der Waals surface area contributed by atoms with E-state index in [1.807, 2.05) is 6.07 Å². The zero-order chi connectivity index (χ0) is 19.5. The number of nitrogens with zero attached hydrogens (tertiary/aromatic N) is 4. The van der Waals surface area contributed by atoms with Gasteiger partial charge in [-0.05, 0) is 62.2 Å². The molecule has 1 amide bonds. The van der Waals surface area contributed by atoms with Gasteiger partial charge in [0, 0.05) is 6.54 Å². The molecule has 0 spiro atoms. The van der Waals surface area contributed by atoms with Crippen LogP contribution in [0.5, 0.6) is 0 Å². The lowest BCUT2D eigenvalue weighted by atomic mass is 9.48. The molecule has 148 valence electrons. The number of hydrogen-bond acceptors (Lipinski definition) is 6. The van der Waals surface area contributed by atoms with Crippen LogP contribution in [0.15, 0.2) is 12.4 Å². The van der Waals surface area contributed by atoms with Crippen molar-refractivity contribution in [2.75, 3.05) is 11.9 Å². The second kappa shape index (κ2) is 6.31. The van der Waals surface area contributed by atoms with E-state index in [0.29, 0.717) is 36.5 Å². The Morgan fingerprint density at radius 3 is 2.68 bits per heavy atom. The van der Waals surface area contributed by atoms with Gasteiger partial charge in [-0.15, -0.1) is 0 Å². The van der Waals surface area contributed by atoms with Crippen molar-refractivity contribution in [2.45, 2.75) is 56.2 Å². The normalized spacial score (nSPS) is 41.1. The summed E-state index contributed by atoms with van der Waals surface area (Å²) in [5, 5.41) is 33.2. The molecule has 2 heterocycles. The van der Waals surface area contributed by atoms with Gasteiger partial charge < -0.3 is 20.4 Å². The Balaban J connectivity index is 1.44. The quantitative estimate of drug-likeness (QED) is 0.730. The molecule has 4 saturated carbocycles. The molecular weight excluding hydrogens is 358 g/mol. The summed E-state index contributed by atoms with van der Waals surface area (Å²) in [4.78, 5) is 21.9. The van der Waals surface area contributed by atoms with Crippen molar-refractivity contribution < 1.29 is 15.0 Å². The highest BCUT2D eigenvalue weighted by molar-refractivity contribution is 5.66. The van der Waals surface area contributed by atoms with E-state index >= 15 is 0 Å². The number of aliphatic hydroxyl groups is 1. The first-order valence-electron chi connectivity index (χ1n) is 10.2. The first kappa shape index (κ1) is 17.7. The second-order valence-corrected chi connectivity index (χ2v) is 9.18. The summed E-state index contributed by atoms with van der Waals surface area (Å²) in [7, 11) is 0. The number of likely N-dealkylation sites (tertiary alicyclic amines) is 1. The Hall–Kier alpha value is -2.40. The summed E-state index contributed by atoms with van der Waals surface area (Å²) in [6.07, 6.45) is 7.54. The topological polar surface area (TPSA) is 122 Å². The zero-order valence-corrected chi connectivity index (χ0v) is 15.7. The largest absolute Gasteiger partial charge is 0.465 e. The minimum atomic E-state index is -0.876. The van der Waals surface area contributed by atoms with Gasteiger partial charge in [-0.25, -0.2) is 9.78 Å². The van der Waals surface area contributed by atoms with Gasteiger partial charge in [-0.3, -0.25) is 4.98 Å². The Labute approximate surface area is 163 Å². The molecular formula is C20H25N5O3. The summed E-state index contributed by atoms with van der Waals surface area (Å²) in [5.41, 5.74) is -0.290. The molecule has 28 heavy (non-hydrogen) atoms. The highest BCUT2D eigenvalue weighted by atomic mass is 16.4. The fourth-order valence-electron chi connectivity index (χ4n) is 6.93. The Morgan fingerprint density at radius 2 is 2.04 bits per heavy atom. The molecule has 8 nitrogen and oxygen atoms in total. The number of nitrogens with one attached hydrogen (secondary N) is 1. The lowest BCUT2D eigenvalue weighted by molar-refractivity contribution is -0.162. The molecule has 6 rings (SSSR count). The van der Waals surface area contributed by atoms with Crippen LogP contribution >= 0.6 is 0 Å². The summed E-state index contributed by atoms with van der Waals surface area (Å²) in [6, 6.07) is 1.80. The molecule has 7 atom stereocenters. The van der Waals surface area contributed by atoms with Crippen LogP contribution in [-0.2, 0) is 0 Å². The van der Waals surface area contributed by atoms with Gasteiger partial charge in [0.15, 0.2) is 5.69 Å². The highest BCUT2D eigenvalue weighted by Crippen LogP contribution is 2.60. The molecule has 8 heteroatoms. The van der Waals surface area contributed by atoms with Crippen molar-refractivity contribution in [3.8, 4) is 6.07 Å². The van der Waals surface area contributed by atoms with Gasteiger partial charge in [-0.2, -0.15) is 5.26 Å². The van der Waals surface area contributed by atoms with Crippen LogP contribution in [0.4, 0.5) is 10.6 Å². The van der Waals surface area contributed by atoms with E-state index in [1.54, 1.807) is 11.1 Å². The molecule has 0 aromatic carbocycles. The van der Waals surface area contributed by atoms with E-state index in [0.717, 1.165) is 32.1 Å². The molecule has 5 fully saturated rings. The minimum absolute atomic E-state index is 0.0588. The third-order valence-corrected chi connectivity index (χ3v) is 7.49. The van der Waals surface area contributed by atoms with Crippen LogP contribution in [0.1, 0.15) is 44.2 Å². The summed E-state index contributed by atoms with van der Waals surface area (Å²) in [5.74, 6) is 2.12. The van der Waals surface area contributed by atoms with Gasteiger partial charge in [0.05, 0.1) is 30.1 Å². The van der Waals surface area contributed by atoms with Gasteiger partial charge in [-0.1, -0.05) is 0 Å². The Morgan fingerprint density at radius 1 is 1.29 bits per heavy atom. The third kappa shape index (κ3) is 2.80. The van der Waals surface area contributed by atoms with Crippen LogP contribution in [0.2, 0.25) is 0 Å². The van der Waals surface area contributed by atoms with Crippen LogP contribution < -0.4 is 5.32 Å². The molecule has 1 aromatic heterocycles. The molecule has 0 radical (unpaired) electrons. The predicted molar refractivity (Wildman–Crippen MR) is 99.3 cm³/mol. The van der Waals surface area contributed by atoms with Gasteiger partial charge in [0.2, 0.25) is 0 Å². The van der Waals surface area contributed by atoms with E-state index in [9.17, 15) is 15.0 Å². The van der Waals surface area contributed by atoms with Crippen LogP contribution in [0.3, 0.4) is 0 Å². The Bertz CT molecular complexity index is 823. The average Bonchev–Trinajstić information content (AvgIpc) is 3.04. The number of carboxylic acid groups (broad SMARTS) is 1. The zero-order valence-electron chi connectivity index (χ0n) is 15.7. The number of nitriles is 1. The smallest absolute Gasteiger partial charge is 0.407 e. The van der Waals surface area contributed by atoms with Gasteiger partial charge in [0.25, 0.3) is 0 Å². The van der Waals surface area contributed by atoms with E-state index in [4.69, 9.17) is 5.26 Å². The van der Waals surface area contributed by atoms with Gasteiger partial charge in [0.1, 0.15) is 11.9 Å². The van der Waals surface area contributed by atoms with E-state index in [-0.39, 0.29) is 23.7 Å². The Kier molecular flexibility index (Phi) is 3.98. The maximum atomic E-state index is 12.0. The number of amides is 1. The van der Waals surface area contributed by atoms with Crippen molar-refractivity contribution in [3.63, 3.8) is 0 Å². The summed E-state index contributed by atoms with van der Waals surface area (Å²) < 4.78 is 0. The van der Waals surface area contributed by atoms with Crippen molar-refractivity contribution in [1.29, 1.82) is 5.26 Å². The van der Waals surface area contributed by atoms with Crippen molar-refractivity contribution in [1.82, 2.24) is 14.9 Å². The van der Waals surface area contributed by atoms with E-state index < -0.39 is 11.7 Å². The fraction of sp³-hybridized carbons (Fsp3) is 0.700. The third-order valence-electron chi connectivity index (χ3n) is 7.49. The minimum Gasteiger partial charge on any atom is -0.465 e. The molecule has 4 bridgehead atoms. The lowest BCUT2D eigenvalue weighted by Gasteiger charge is -2.60. The lowest BCUT2D eigenvalue weighted by Crippen LogP contribution is -2.61. The SMILES string of the molecule is N#Cc1cncc(NC2CCN(C(=O)O)[C@@H]2C2C3CC4C[C@H]2CC(O)(C4)C3)n1. The second-order valence-electron chi connectivity index (χ2n) is 9.18. The molecule has 1 aliphatic heterocycles. The van der Waals surface area contributed by atoms with E-state index in [2.05, 4.69) is 15.3 Å². The molecule has 5 unspecified atom stereocenters. The van der Waals surface area contributed by atoms with Crippen molar-refractivity contribution >= 4 is 11.9 Å². The van der Waals surface area contributed by atoms with E-state index in [1.165, 1.54) is 6.20 Å². The summed E-state index contributed by atoms with van der Waals surface area (Å²) >= 11 is 0.